The molecule has 0 unspecified atom stereocenters. The molecule has 9 nitrogen and oxygen atoms in total. The van der Waals surface area contributed by atoms with E-state index in [1.807, 2.05) is 36.4 Å². The zero-order valence-electron chi connectivity index (χ0n) is 20.8. The van der Waals surface area contributed by atoms with Crippen LogP contribution in [0.3, 0.4) is 0 Å². The van der Waals surface area contributed by atoms with Crippen LogP contribution in [0.4, 0.5) is 4.39 Å². The summed E-state index contributed by atoms with van der Waals surface area (Å²) in [5.41, 5.74) is 6.17. The van der Waals surface area contributed by atoms with Crippen molar-refractivity contribution in [2.45, 2.75) is 18.9 Å². The number of rotatable bonds is 5. The summed E-state index contributed by atoms with van der Waals surface area (Å²) < 4.78 is 20.2. The lowest BCUT2D eigenvalue weighted by molar-refractivity contribution is 0.162. The van der Waals surface area contributed by atoms with Gasteiger partial charge in [0.05, 0.1) is 28.4 Å². The van der Waals surface area contributed by atoms with Gasteiger partial charge in [0.1, 0.15) is 28.9 Å². The smallest absolute Gasteiger partial charge is 0.161 e. The van der Waals surface area contributed by atoms with Crippen LogP contribution in [0.15, 0.2) is 67.0 Å². The van der Waals surface area contributed by atoms with Crippen LogP contribution in [0.2, 0.25) is 0 Å². The van der Waals surface area contributed by atoms with Crippen molar-refractivity contribution >= 4 is 22.1 Å². The van der Waals surface area contributed by atoms with E-state index in [2.05, 4.69) is 25.5 Å². The van der Waals surface area contributed by atoms with Crippen molar-refractivity contribution in [1.29, 1.82) is 0 Å². The van der Waals surface area contributed by atoms with Gasteiger partial charge >= 0.3 is 0 Å². The first-order valence-corrected chi connectivity index (χ1v) is 12.8. The molecule has 0 spiro atoms. The molecule has 4 aromatic heterocycles. The number of H-pyrrole nitrogens is 2. The molecule has 1 aliphatic rings. The van der Waals surface area contributed by atoms with E-state index in [0.29, 0.717) is 33.7 Å². The van der Waals surface area contributed by atoms with Crippen molar-refractivity contribution in [3.05, 3.63) is 72.8 Å². The van der Waals surface area contributed by atoms with Crippen LogP contribution in [0.25, 0.3) is 56.0 Å². The van der Waals surface area contributed by atoms with Gasteiger partial charge < -0.3 is 20.1 Å². The lowest BCUT2D eigenvalue weighted by atomic mass is 10.0. The number of hydrogen-bond acceptors (Lipinski definition) is 7. The average Bonchev–Trinajstić information content (AvgIpc) is 3.57. The minimum Gasteiger partial charge on any atom is -0.508 e. The number of ether oxygens (including phenoxy) is 1. The quantitative estimate of drug-likeness (QED) is 0.246. The standard InChI is InChI=1S/C29H24FN7O2/c30-18-10-16(11-19(38)13-18)22-2-1-3-24-26(22)35-29(34-24)28-27-25(36-37-28)5-4-23(33-27)17-12-21(15-32-14-17)39-20-6-8-31-9-7-20/h1-5,10-15,20,31,38H,6-9H2,(H,34,35)(H,36,37). The molecule has 1 fully saturated rings. The van der Waals surface area contributed by atoms with Crippen LogP contribution in [0, 0.1) is 5.82 Å². The Hall–Kier alpha value is -4.83. The topological polar surface area (TPSA) is 125 Å². The van der Waals surface area contributed by atoms with E-state index in [4.69, 9.17) is 14.7 Å². The summed E-state index contributed by atoms with van der Waals surface area (Å²) in [4.78, 5) is 17.4. The number of benzene rings is 2. The second kappa shape index (κ2) is 9.48. The van der Waals surface area contributed by atoms with Gasteiger partial charge in [-0.3, -0.25) is 10.1 Å². The monoisotopic (exact) mass is 521 g/mol. The number of fused-ring (bicyclic) bond motifs is 2. The van der Waals surface area contributed by atoms with Gasteiger partial charge in [-0.2, -0.15) is 5.10 Å². The zero-order chi connectivity index (χ0) is 26.3. The summed E-state index contributed by atoms with van der Waals surface area (Å²) in [7, 11) is 0. The molecular weight excluding hydrogens is 497 g/mol. The van der Waals surface area contributed by atoms with E-state index in [1.165, 1.54) is 12.1 Å². The third-order valence-electron chi connectivity index (χ3n) is 6.94. The fourth-order valence-electron chi connectivity index (χ4n) is 5.06. The SMILES string of the molecule is Oc1cc(F)cc(-c2cccc3[nH]c(-c4n[nH]c5ccc(-c6cncc(OC7CCNCC7)c6)nc45)nc23)c1. The second-order valence-electron chi connectivity index (χ2n) is 9.63. The Balaban J connectivity index is 1.26. The molecule has 0 atom stereocenters. The number of aromatic amines is 2. The van der Waals surface area contributed by atoms with E-state index in [0.717, 1.165) is 60.0 Å². The highest BCUT2D eigenvalue weighted by Crippen LogP contribution is 2.33. The predicted molar refractivity (Wildman–Crippen MR) is 146 cm³/mol. The van der Waals surface area contributed by atoms with Crippen molar-refractivity contribution in [1.82, 2.24) is 35.5 Å². The Morgan fingerprint density at radius 1 is 0.897 bits per heavy atom. The van der Waals surface area contributed by atoms with Gasteiger partial charge in [-0.15, -0.1) is 0 Å². The third-order valence-corrected chi connectivity index (χ3v) is 6.94. The summed E-state index contributed by atoms with van der Waals surface area (Å²) in [5.74, 6) is 0.581. The number of pyridine rings is 2. The number of phenols is 1. The number of halogens is 1. The molecule has 194 valence electrons. The number of phenolic OH excluding ortho intramolecular Hbond substituents is 1. The number of imidazole rings is 1. The fraction of sp³-hybridized carbons (Fsp3) is 0.172. The zero-order valence-corrected chi connectivity index (χ0v) is 20.8. The first-order chi connectivity index (χ1) is 19.1. The molecule has 0 bridgehead atoms. The van der Waals surface area contributed by atoms with Gasteiger partial charge in [0, 0.05) is 23.4 Å². The van der Waals surface area contributed by atoms with E-state index in [-0.39, 0.29) is 11.9 Å². The second-order valence-corrected chi connectivity index (χ2v) is 9.63. The van der Waals surface area contributed by atoms with Gasteiger partial charge in [0.25, 0.3) is 0 Å². The van der Waals surface area contributed by atoms with Crippen molar-refractivity contribution in [3.63, 3.8) is 0 Å². The molecule has 0 saturated carbocycles. The summed E-state index contributed by atoms with van der Waals surface area (Å²) in [6, 6.07) is 15.4. The highest BCUT2D eigenvalue weighted by Gasteiger charge is 2.18. The minimum atomic E-state index is -0.521. The number of para-hydroxylation sites is 1. The van der Waals surface area contributed by atoms with Gasteiger partial charge in [0.2, 0.25) is 0 Å². The minimum absolute atomic E-state index is 0.146. The van der Waals surface area contributed by atoms with Crippen molar-refractivity contribution < 1.29 is 14.2 Å². The fourth-order valence-corrected chi connectivity index (χ4v) is 5.06. The molecule has 0 aliphatic carbocycles. The summed E-state index contributed by atoms with van der Waals surface area (Å²) in [6.07, 6.45) is 5.61. The van der Waals surface area contributed by atoms with E-state index >= 15 is 0 Å². The van der Waals surface area contributed by atoms with E-state index in [9.17, 15) is 9.50 Å². The van der Waals surface area contributed by atoms with Crippen LogP contribution in [0.1, 0.15) is 12.8 Å². The molecule has 5 heterocycles. The number of aromatic hydroxyl groups is 1. The van der Waals surface area contributed by atoms with Crippen molar-refractivity contribution in [3.8, 4) is 45.4 Å². The molecule has 6 aromatic rings. The van der Waals surface area contributed by atoms with Gasteiger partial charge in [-0.25, -0.2) is 14.4 Å². The molecule has 0 radical (unpaired) electrons. The van der Waals surface area contributed by atoms with Crippen LogP contribution >= 0.6 is 0 Å². The van der Waals surface area contributed by atoms with E-state index in [1.54, 1.807) is 12.4 Å². The third kappa shape index (κ3) is 4.44. The van der Waals surface area contributed by atoms with Gasteiger partial charge in [0.15, 0.2) is 11.5 Å². The number of hydrogen-bond donors (Lipinski definition) is 4. The van der Waals surface area contributed by atoms with Gasteiger partial charge in [-0.05, 0) is 67.9 Å². The first-order valence-electron chi connectivity index (χ1n) is 12.8. The average molecular weight is 522 g/mol. The normalized spacial score (nSPS) is 14.3. The molecule has 1 aliphatic heterocycles. The largest absolute Gasteiger partial charge is 0.508 e. The molecular formula is C29H24FN7O2. The van der Waals surface area contributed by atoms with Crippen LogP contribution in [-0.2, 0) is 0 Å². The van der Waals surface area contributed by atoms with Crippen LogP contribution in [0.5, 0.6) is 11.5 Å². The van der Waals surface area contributed by atoms with Crippen molar-refractivity contribution in [2.75, 3.05) is 13.1 Å². The number of nitrogens with one attached hydrogen (secondary N) is 3. The maximum absolute atomic E-state index is 14.0. The predicted octanol–water partition coefficient (Wildman–Crippen LogP) is 5.21. The maximum atomic E-state index is 14.0. The molecule has 2 aromatic carbocycles. The number of aromatic nitrogens is 6. The lowest BCUT2D eigenvalue weighted by Gasteiger charge is -2.23. The molecule has 10 heteroatoms. The van der Waals surface area contributed by atoms with Crippen molar-refractivity contribution in [2.24, 2.45) is 0 Å². The Morgan fingerprint density at radius 2 is 1.79 bits per heavy atom. The Labute approximate surface area is 222 Å². The maximum Gasteiger partial charge on any atom is 0.161 e. The molecule has 1 saturated heterocycles. The Morgan fingerprint density at radius 3 is 2.67 bits per heavy atom. The summed E-state index contributed by atoms with van der Waals surface area (Å²) in [5, 5.41) is 20.8. The van der Waals surface area contributed by atoms with Gasteiger partial charge in [-0.1, -0.05) is 12.1 Å². The summed E-state index contributed by atoms with van der Waals surface area (Å²) >= 11 is 0. The lowest BCUT2D eigenvalue weighted by Crippen LogP contribution is -2.34. The highest BCUT2D eigenvalue weighted by molar-refractivity contribution is 5.96. The van der Waals surface area contributed by atoms with E-state index < -0.39 is 5.82 Å². The van der Waals surface area contributed by atoms with Crippen LogP contribution < -0.4 is 10.1 Å². The highest BCUT2D eigenvalue weighted by atomic mass is 19.1. The molecule has 39 heavy (non-hydrogen) atoms. The molecule has 4 N–H and O–H groups in total. The molecule has 0 amide bonds. The summed E-state index contributed by atoms with van der Waals surface area (Å²) in [6.45, 7) is 1.90. The Bertz CT molecular complexity index is 1800. The Kier molecular flexibility index (Phi) is 5.66. The number of nitrogens with zero attached hydrogens (tertiary/aromatic N) is 4. The molecule has 7 rings (SSSR count). The first kappa shape index (κ1) is 23.3. The van der Waals surface area contributed by atoms with Crippen LogP contribution in [-0.4, -0.2) is 54.4 Å². The number of piperidine rings is 1.